The van der Waals surface area contributed by atoms with Crippen LogP contribution in [0.4, 0.5) is 0 Å². The molecule has 0 aliphatic heterocycles. The standard InChI is InChI=1S/C29H22N4O3/c1-2-35-23-15-13-21(14-16-23)32-17-7-9-22(32)19-30-33-28(27-18-20-8-3-6-12-26(20)36-27)31-25-11-5-4-10-24(25)29(33)34/h3-19H,2H2,1H3. The second-order valence-corrected chi connectivity index (χ2v) is 8.19. The number of hydrogen-bond acceptors (Lipinski definition) is 5. The first kappa shape index (κ1) is 21.6. The largest absolute Gasteiger partial charge is 0.494 e. The Labute approximate surface area is 206 Å². The van der Waals surface area contributed by atoms with Crippen LogP contribution in [0.15, 0.2) is 112 Å². The number of benzene rings is 3. The molecule has 0 aliphatic carbocycles. The van der Waals surface area contributed by atoms with Gasteiger partial charge in [-0.1, -0.05) is 30.3 Å². The topological polar surface area (TPSA) is 74.6 Å². The molecular weight excluding hydrogens is 452 g/mol. The molecule has 6 rings (SSSR count). The Morgan fingerprint density at radius 3 is 2.61 bits per heavy atom. The smallest absolute Gasteiger partial charge is 0.282 e. The molecule has 0 atom stereocenters. The van der Waals surface area contributed by atoms with Crippen molar-refractivity contribution in [2.24, 2.45) is 5.10 Å². The van der Waals surface area contributed by atoms with Gasteiger partial charge in [-0.2, -0.15) is 9.78 Å². The van der Waals surface area contributed by atoms with E-state index in [0.29, 0.717) is 29.1 Å². The lowest BCUT2D eigenvalue weighted by Crippen LogP contribution is -2.20. The fourth-order valence-electron chi connectivity index (χ4n) is 4.20. The van der Waals surface area contributed by atoms with Gasteiger partial charge in [0.2, 0.25) is 5.82 Å². The number of ether oxygens (including phenoxy) is 1. The van der Waals surface area contributed by atoms with Crippen LogP contribution in [0.1, 0.15) is 12.6 Å². The molecule has 0 spiro atoms. The van der Waals surface area contributed by atoms with Crippen molar-refractivity contribution in [3.8, 4) is 23.0 Å². The highest BCUT2D eigenvalue weighted by Crippen LogP contribution is 2.27. The third-order valence-corrected chi connectivity index (χ3v) is 5.91. The molecule has 0 bridgehead atoms. The summed E-state index contributed by atoms with van der Waals surface area (Å²) >= 11 is 0. The van der Waals surface area contributed by atoms with E-state index in [4.69, 9.17) is 14.1 Å². The number of nitrogens with zero attached hydrogens (tertiary/aromatic N) is 4. The van der Waals surface area contributed by atoms with Gasteiger partial charge in [-0.05, 0) is 67.6 Å². The summed E-state index contributed by atoms with van der Waals surface area (Å²) in [5, 5.41) is 6.00. The summed E-state index contributed by atoms with van der Waals surface area (Å²) in [6.45, 7) is 2.57. The van der Waals surface area contributed by atoms with Crippen molar-refractivity contribution < 1.29 is 9.15 Å². The van der Waals surface area contributed by atoms with Gasteiger partial charge < -0.3 is 13.7 Å². The summed E-state index contributed by atoms with van der Waals surface area (Å²) < 4.78 is 14.9. The Morgan fingerprint density at radius 2 is 1.78 bits per heavy atom. The first-order valence-electron chi connectivity index (χ1n) is 11.7. The van der Waals surface area contributed by atoms with Gasteiger partial charge in [0.1, 0.15) is 11.3 Å². The van der Waals surface area contributed by atoms with Crippen LogP contribution in [-0.4, -0.2) is 27.0 Å². The Bertz CT molecular complexity index is 1740. The molecule has 7 heteroatoms. The number of para-hydroxylation sites is 2. The minimum atomic E-state index is -0.272. The molecule has 3 heterocycles. The van der Waals surface area contributed by atoms with Gasteiger partial charge in [0.25, 0.3) is 5.56 Å². The highest BCUT2D eigenvalue weighted by Gasteiger charge is 2.16. The molecule has 0 unspecified atom stereocenters. The quantitative estimate of drug-likeness (QED) is 0.283. The molecular formula is C29H22N4O3. The van der Waals surface area contributed by atoms with Crippen molar-refractivity contribution in [1.82, 2.24) is 14.2 Å². The highest BCUT2D eigenvalue weighted by molar-refractivity contribution is 5.84. The second-order valence-electron chi connectivity index (χ2n) is 8.19. The molecule has 0 saturated heterocycles. The third-order valence-electron chi connectivity index (χ3n) is 5.91. The normalized spacial score (nSPS) is 11.6. The van der Waals surface area contributed by atoms with Crippen LogP contribution >= 0.6 is 0 Å². The molecule has 0 saturated carbocycles. The molecule has 0 radical (unpaired) electrons. The molecule has 0 fully saturated rings. The van der Waals surface area contributed by atoms with Crippen LogP contribution < -0.4 is 10.3 Å². The van der Waals surface area contributed by atoms with Crippen molar-refractivity contribution in [2.75, 3.05) is 6.61 Å². The van der Waals surface area contributed by atoms with E-state index in [1.165, 1.54) is 4.68 Å². The molecule has 0 N–H and O–H groups in total. The van der Waals surface area contributed by atoms with Crippen LogP contribution in [0.5, 0.6) is 5.75 Å². The van der Waals surface area contributed by atoms with Gasteiger partial charge in [-0.15, -0.1) is 0 Å². The van der Waals surface area contributed by atoms with Crippen molar-refractivity contribution in [3.05, 3.63) is 113 Å². The number of aromatic nitrogens is 3. The molecule has 6 aromatic rings. The van der Waals surface area contributed by atoms with Crippen molar-refractivity contribution in [3.63, 3.8) is 0 Å². The van der Waals surface area contributed by atoms with E-state index in [9.17, 15) is 4.79 Å². The molecule has 36 heavy (non-hydrogen) atoms. The van der Waals surface area contributed by atoms with Crippen molar-refractivity contribution in [1.29, 1.82) is 0 Å². The SMILES string of the molecule is CCOc1ccc(-n2cccc2C=Nn2c(-c3cc4ccccc4o3)nc3ccccc3c2=O)cc1. The highest BCUT2D eigenvalue weighted by atomic mass is 16.5. The fourth-order valence-corrected chi connectivity index (χ4v) is 4.20. The van der Waals surface area contributed by atoms with Gasteiger partial charge >= 0.3 is 0 Å². The summed E-state index contributed by atoms with van der Waals surface area (Å²) in [5.74, 6) is 1.62. The fraction of sp³-hybridized carbons (Fsp3) is 0.0690. The van der Waals surface area contributed by atoms with Crippen molar-refractivity contribution >= 4 is 28.1 Å². The Balaban J connectivity index is 1.46. The molecule has 7 nitrogen and oxygen atoms in total. The zero-order chi connectivity index (χ0) is 24.5. The zero-order valence-electron chi connectivity index (χ0n) is 19.5. The number of hydrogen-bond donors (Lipinski definition) is 0. The van der Waals surface area contributed by atoms with E-state index in [1.807, 2.05) is 103 Å². The molecule has 0 aliphatic rings. The maximum Gasteiger partial charge on any atom is 0.282 e. The van der Waals surface area contributed by atoms with E-state index in [-0.39, 0.29) is 5.56 Å². The maximum absolute atomic E-state index is 13.5. The summed E-state index contributed by atoms with van der Waals surface area (Å²) in [6, 6.07) is 28.5. The monoisotopic (exact) mass is 474 g/mol. The van der Waals surface area contributed by atoms with Crippen LogP contribution in [0, 0.1) is 0 Å². The lowest BCUT2D eigenvalue weighted by Gasteiger charge is -2.09. The van der Waals surface area contributed by atoms with Gasteiger partial charge in [-0.25, -0.2) is 4.98 Å². The lowest BCUT2D eigenvalue weighted by molar-refractivity contribution is 0.340. The third kappa shape index (κ3) is 3.86. The number of fused-ring (bicyclic) bond motifs is 2. The minimum absolute atomic E-state index is 0.272. The van der Waals surface area contributed by atoms with Gasteiger partial charge in [0.15, 0.2) is 5.76 Å². The minimum Gasteiger partial charge on any atom is -0.494 e. The Hall–Kier alpha value is -4.91. The average Bonchev–Trinajstić information content (AvgIpc) is 3.56. The molecule has 176 valence electrons. The average molecular weight is 475 g/mol. The summed E-state index contributed by atoms with van der Waals surface area (Å²) in [4.78, 5) is 18.2. The second kappa shape index (κ2) is 9.03. The van der Waals surface area contributed by atoms with E-state index in [0.717, 1.165) is 28.1 Å². The lowest BCUT2D eigenvalue weighted by atomic mass is 10.2. The predicted molar refractivity (Wildman–Crippen MR) is 141 cm³/mol. The van der Waals surface area contributed by atoms with Gasteiger partial charge in [-0.3, -0.25) is 4.79 Å². The van der Waals surface area contributed by atoms with Crippen LogP contribution in [0.3, 0.4) is 0 Å². The number of furan rings is 1. The van der Waals surface area contributed by atoms with Crippen LogP contribution in [0.2, 0.25) is 0 Å². The molecule has 3 aromatic heterocycles. The summed E-state index contributed by atoms with van der Waals surface area (Å²) in [5.41, 5.74) is 2.78. The zero-order valence-corrected chi connectivity index (χ0v) is 19.5. The van der Waals surface area contributed by atoms with E-state index >= 15 is 0 Å². The van der Waals surface area contributed by atoms with E-state index in [1.54, 1.807) is 12.3 Å². The van der Waals surface area contributed by atoms with Crippen molar-refractivity contribution in [2.45, 2.75) is 6.92 Å². The Morgan fingerprint density at radius 1 is 0.972 bits per heavy atom. The van der Waals surface area contributed by atoms with E-state index < -0.39 is 0 Å². The summed E-state index contributed by atoms with van der Waals surface area (Å²) in [7, 11) is 0. The molecule has 0 amide bonds. The first-order valence-corrected chi connectivity index (χ1v) is 11.7. The molecule has 3 aromatic carbocycles. The first-order chi connectivity index (χ1) is 17.7. The van der Waals surface area contributed by atoms with Gasteiger partial charge in [0, 0.05) is 17.3 Å². The van der Waals surface area contributed by atoms with Crippen LogP contribution in [0.25, 0.3) is 39.1 Å². The number of rotatable bonds is 6. The predicted octanol–water partition coefficient (Wildman–Crippen LogP) is 5.88. The van der Waals surface area contributed by atoms with Crippen LogP contribution in [-0.2, 0) is 0 Å². The Kier molecular flexibility index (Phi) is 5.42. The maximum atomic E-state index is 13.5. The van der Waals surface area contributed by atoms with E-state index in [2.05, 4.69) is 5.10 Å². The van der Waals surface area contributed by atoms with Gasteiger partial charge in [0.05, 0.1) is 29.4 Å². The summed E-state index contributed by atoms with van der Waals surface area (Å²) in [6.07, 6.45) is 3.60.